The quantitative estimate of drug-likeness (QED) is 0.899. The van der Waals surface area contributed by atoms with Gasteiger partial charge in [-0.1, -0.05) is 17.7 Å². The van der Waals surface area contributed by atoms with Gasteiger partial charge in [-0.15, -0.1) is 0 Å². The van der Waals surface area contributed by atoms with Gasteiger partial charge in [0, 0.05) is 52.0 Å². The van der Waals surface area contributed by atoms with E-state index >= 15 is 0 Å². The number of halogens is 1. The molecule has 1 aliphatic rings. The second-order valence-electron chi connectivity index (χ2n) is 6.07. The molecular weight excluding hydrogens is 328 g/mol. The van der Waals surface area contributed by atoms with Gasteiger partial charge >= 0.3 is 0 Å². The van der Waals surface area contributed by atoms with Gasteiger partial charge in [0.25, 0.3) is 5.56 Å². The van der Waals surface area contributed by atoms with Crippen LogP contribution in [0, 0.1) is 0 Å². The summed E-state index contributed by atoms with van der Waals surface area (Å²) in [6, 6.07) is 5.41. The highest BCUT2D eigenvalue weighted by atomic mass is 35.5. The van der Waals surface area contributed by atoms with Crippen molar-refractivity contribution in [2.75, 3.05) is 38.5 Å². The molecule has 1 N–H and O–H groups in total. The van der Waals surface area contributed by atoms with E-state index in [9.17, 15) is 4.79 Å². The third-order valence-electron chi connectivity index (χ3n) is 4.12. The summed E-state index contributed by atoms with van der Waals surface area (Å²) in [6.45, 7) is 5.23. The van der Waals surface area contributed by atoms with Crippen LogP contribution >= 0.6 is 11.6 Å². The summed E-state index contributed by atoms with van der Waals surface area (Å²) in [6.07, 6.45) is 1.84. The first-order valence-corrected chi connectivity index (χ1v) is 8.26. The van der Waals surface area contributed by atoms with E-state index < -0.39 is 0 Å². The van der Waals surface area contributed by atoms with Crippen molar-refractivity contribution in [2.24, 2.45) is 7.05 Å². The first-order chi connectivity index (χ1) is 11.5. The Morgan fingerprint density at radius 3 is 2.62 bits per heavy atom. The van der Waals surface area contributed by atoms with Gasteiger partial charge < -0.3 is 10.2 Å². The van der Waals surface area contributed by atoms with E-state index in [2.05, 4.69) is 32.2 Å². The largest absolute Gasteiger partial charge is 0.336 e. The van der Waals surface area contributed by atoms with Gasteiger partial charge in [0.1, 0.15) is 11.5 Å². The van der Waals surface area contributed by atoms with Crippen LogP contribution in [0.15, 0.2) is 29.2 Å². The van der Waals surface area contributed by atoms with E-state index in [1.54, 1.807) is 7.05 Å². The molecule has 1 fully saturated rings. The molecule has 2 aromatic rings. The fourth-order valence-corrected chi connectivity index (χ4v) is 2.88. The molecule has 3 heterocycles. The van der Waals surface area contributed by atoms with Crippen LogP contribution in [0.5, 0.6) is 0 Å². The van der Waals surface area contributed by atoms with Gasteiger partial charge in [-0.3, -0.25) is 9.69 Å². The summed E-state index contributed by atoms with van der Waals surface area (Å²) >= 11 is 5.89. The van der Waals surface area contributed by atoms with Crippen LogP contribution in [0.3, 0.4) is 0 Å². The van der Waals surface area contributed by atoms with Gasteiger partial charge in [-0.2, -0.15) is 5.10 Å². The average Bonchev–Trinajstić information content (AvgIpc) is 2.56. The maximum Gasteiger partial charge on any atom is 0.290 e. The third-order valence-corrected chi connectivity index (χ3v) is 4.31. The summed E-state index contributed by atoms with van der Waals surface area (Å²) in [5, 5.41) is 7.12. The number of hydrogen-bond acceptors (Lipinski definition) is 6. The van der Waals surface area contributed by atoms with Gasteiger partial charge in [0.05, 0.1) is 0 Å². The minimum absolute atomic E-state index is 0.247. The molecule has 0 bridgehead atoms. The molecule has 2 aromatic heterocycles. The van der Waals surface area contributed by atoms with E-state index in [1.165, 1.54) is 10.7 Å². The number of rotatable bonds is 4. The molecular formula is C16H21ClN6O. The average molecular weight is 349 g/mol. The van der Waals surface area contributed by atoms with Gasteiger partial charge in [0.2, 0.25) is 0 Å². The van der Waals surface area contributed by atoms with Crippen LogP contribution in [-0.4, -0.2) is 57.8 Å². The lowest BCUT2D eigenvalue weighted by Crippen LogP contribution is -2.43. The Balaban J connectivity index is 1.66. The van der Waals surface area contributed by atoms with Gasteiger partial charge in [0.15, 0.2) is 5.15 Å². The number of piperazine rings is 1. The van der Waals surface area contributed by atoms with Crippen molar-refractivity contribution in [3.8, 4) is 0 Å². The van der Waals surface area contributed by atoms with Gasteiger partial charge in [-0.25, -0.2) is 9.67 Å². The highest BCUT2D eigenvalue weighted by Gasteiger charge is 2.14. The number of hydrogen-bond donors (Lipinski definition) is 1. The smallest absolute Gasteiger partial charge is 0.290 e. The predicted molar refractivity (Wildman–Crippen MR) is 94.8 cm³/mol. The predicted octanol–water partition coefficient (Wildman–Crippen LogP) is 1.32. The third kappa shape index (κ3) is 4.11. The molecule has 0 saturated carbocycles. The topological polar surface area (TPSA) is 66.3 Å². The highest BCUT2D eigenvalue weighted by Crippen LogP contribution is 2.15. The minimum atomic E-state index is -0.247. The second kappa shape index (κ2) is 7.29. The Kier molecular flexibility index (Phi) is 5.13. The van der Waals surface area contributed by atoms with Crippen LogP contribution < -0.4 is 10.9 Å². The normalized spacial score (nSPS) is 16.3. The molecule has 0 aliphatic carbocycles. The Hall–Kier alpha value is -1.96. The Morgan fingerprint density at radius 1 is 1.21 bits per heavy atom. The zero-order chi connectivity index (χ0) is 17.1. The van der Waals surface area contributed by atoms with Crippen LogP contribution in [0.2, 0.25) is 5.15 Å². The summed E-state index contributed by atoms with van der Waals surface area (Å²) < 4.78 is 1.20. The number of pyridine rings is 1. The number of likely N-dealkylation sites (N-methyl/N-ethyl adjacent to an activating group) is 1. The zero-order valence-electron chi connectivity index (χ0n) is 13.9. The van der Waals surface area contributed by atoms with Crippen LogP contribution in [0.1, 0.15) is 5.56 Å². The first-order valence-electron chi connectivity index (χ1n) is 7.88. The first kappa shape index (κ1) is 16.9. The van der Waals surface area contributed by atoms with E-state index in [-0.39, 0.29) is 10.7 Å². The SMILES string of the molecule is CN1CCN(Cc2ccc(Nc3cc(Cl)nn(C)c3=O)nc2)CC1. The maximum atomic E-state index is 12.0. The molecule has 3 rings (SSSR count). The molecule has 1 aliphatic heterocycles. The summed E-state index contributed by atoms with van der Waals surface area (Å²) in [5.41, 5.74) is 1.27. The number of nitrogens with zero attached hydrogens (tertiary/aromatic N) is 5. The molecule has 0 unspecified atom stereocenters. The lowest BCUT2D eigenvalue weighted by Gasteiger charge is -2.32. The van der Waals surface area contributed by atoms with Crippen molar-refractivity contribution in [3.05, 3.63) is 45.5 Å². The molecule has 0 amide bonds. The Bertz CT molecular complexity index is 752. The second-order valence-corrected chi connectivity index (χ2v) is 6.45. The molecule has 8 heteroatoms. The minimum Gasteiger partial charge on any atom is -0.336 e. The molecule has 0 aromatic carbocycles. The summed E-state index contributed by atoms with van der Waals surface area (Å²) in [5.74, 6) is 0.608. The molecule has 24 heavy (non-hydrogen) atoms. The lowest BCUT2D eigenvalue weighted by atomic mass is 10.2. The van der Waals surface area contributed by atoms with Crippen molar-refractivity contribution >= 4 is 23.1 Å². The summed E-state index contributed by atoms with van der Waals surface area (Å²) in [7, 11) is 3.71. The fourth-order valence-electron chi connectivity index (χ4n) is 2.66. The van der Waals surface area contributed by atoms with Crippen molar-refractivity contribution in [1.29, 1.82) is 0 Å². The van der Waals surface area contributed by atoms with Crippen molar-refractivity contribution < 1.29 is 0 Å². The fraction of sp³-hybridized carbons (Fsp3) is 0.438. The number of aryl methyl sites for hydroxylation is 1. The van der Waals surface area contributed by atoms with Crippen molar-refractivity contribution in [3.63, 3.8) is 0 Å². The van der Waals surface area contributed by atoms with Gasteiger partial charge in [-0.05, 0) is 18.7 Å². The molecule has 1 saturated heterocycles. The molecule has 0 radical (unpaired) electrons. The number of aromatic nitrogens is 3. The van der Waals surface area contributed by atoms with E-state index in [4.69, 9.17) is 11.6 Å². The van der Waals surface area contributed by atoms with Crippen LogP contribution in [0.25, 0.3) is 0 Å². The van der Waals surface area contributed by atoms with Crippen molar-refractivity contribution in [1.82, 2.24) is 24.6 Å². The number of nitrogens with one attached hydrogen (secondary N) is 1. The van der Waals surface area contributed by atoms with Crippen LogP contribution in [-0.2, 0) is 13.6 Å². The van der Waals surface area contributed by atoms with E-state index in [1.807, 2.05) is 18.3 Å². The molecule has 0 atom stereocenters. The van der Waals surface area contributed by atoms with Crippen LogP contribution in [0.4, 0.5) is 11.5 Å². The highest BCUT2D eigenvalue weighted by molar-refractivity contribution is 6.29. The lowest BCUT2D eigenvalue weighted by molar-refractivity contribution is 0.148. The standard InChI is InChI=1S/C16H21ClN6O/c1-21-5-7-23(8-6-21)11-12-3-4-15(18-10-12)19-13-9-14(17)20-22(2)16(13)24/h3-4,9-10H,5-8,11H2,1-2H3,(H,18,19). The number of anilines is 2. The van der Waals surface area contributed by atoms with Crippen molar-refractivity contribution in [2.45, 2.75) is 6.54 Å². The zero-order valence-corrected chi connectivity index (χ0v) is 14.6. The molecule has 7 nitrogen and oxygen atoms in total. The monoisotopic (exact) mass is 348 g/mol. The van der Waals surface area contributed by atoms with E-state index in [0.29, 0.717) is 11.5 Å². The molecule has 0 spiro atoms. The maximum absolute atomic E-state index is 12.0. The molecule has 128 valence electrons. The Morgan fingerprint density at radius 2 is 1.96 bits per heavy atom. The summed E-state index contributed by atoms with van der Waals surface area (Å²) in [4.78, 5) is 21.2. The Labute approximate surface area is 145 Å². The van der Waals surface area contributed by atoms with E-state index in [0.717, 1.165) is 38.3 Å².